The van der Waals surface area contributed by atoms with Gasteiger partial charge in [0.25, 0.3) is 0 Å². The Labute approximate surface area is 123 Å². The largest absolute Gasteiger partial charge is 0.396 e. The molecule has 9 nitrogen and oxygen atoms in total. The second-order valence-corrected chi connectivity index (χ2v) is 6.91. The van der Waals surface area contributed by atoms with Crippen LogP contribution in [0.2, 0.25) is 0 Å². The number of amides is 1. The fourth-order valence-corrected chi connectivity index (χ4v) is 2.98. The lowest BCUT2D eigenvalue weighted by molar-refractivity contribution is -0.133. The van der Waals surface area contributed by atoms with Crippen LogP contribution in [0.5, 0.6) is 0 Å². The third-order valence-corrected chi connectivity index (χ3v) is 4.61. The normalized spacial score (nSPS) is 17.1. The minimum absolute atomic E-state index is 0.0138. The number of aliphatic hydroxyl groups excluding tert-OH is 1. The van der Waals surface area contributed by atoms with Gasteiger partial charge in [0.05, 0.1) is 11.9 Å². The van der Waals surface area contributed by atoms with Gasteiger partial charge in [-0.05, 0) is 0 Å². The average molecular weight is 317 g/mol. The maximum absolute atomic E-state index is 12.1. The molecule has 1 aromatic rings. The molecule has 0 saturated carbocycles. The summed E-state index contributed by atoms with van der Waals surface area (Å²) in [5.74, 6) is -0.122. The Hall–Kier alpha value is -1.52. The number of aliphatic hydroxyl groups is 1. The minimum atomic E-state index is -3.19. The van der Waals surface area contributed by atoms with E-state index in [4.69, 9.17) is 5.11 Å². The zero-order chi connectivity index (χ0) is 15.5. The molecule has 118 valence electrons. The standard InChI is InChI=1S/C11H19N5O4S/c1-21(19,20)16-5-3-14(4-6-16)11(18)9-15-8-10(2-7-17)12-13-15/h8,17H,2-7,9H2,1H3. The predicted octanol–water partition coefficient (Wildman–Crippen LogP) is -2.08. The number of carbonyl (C=O) groups is 1. The first-order chi connectivity index (χ1) is 9.90. The van der Waals surface area contributed by atoms with Gasteiger partial charge in [-0.2, -0.15) is 4.31 Å². The third-order valence-electron chi connectivity index (χ3n) is 3.31. The van der Waals surface area contributed by atoms with Gasteiger partial charge in [0.1, 0.15) is 6.54 Å². The lowest BCUT2D eigenvalue weighted by Gasteiger charge is -2.33. The molecule has 0 atom stereocenters. The quantitative estimate of drug-likeness (QED) is 0.667. The van der Waals surface area contributed by atoms with Crippen LogP contribution in [0.3, 0.4) is 0 Å². The van der Waals surface area contributed by atoms with Crippen LogP contribution < -0.4 is 0 Å². The summed E-state index contributed by atoms with van der Waals surface area (Å²) in [6.07, 6.45) is 3.20. The zero-order valence-corrected chi connectivity index (χ0v) is 12.7. The molecule has 21 heavy (non-hydrogen) atoms. The average Bonchev–Trinajstić information content (AvgIpc) is 2.86. The molecule has 0 unspecified atom stereocenters. The molecule has 1 aliphatic rings. The van der Waals surface area contributed by atoms with Gasteiger partial charge in [-0.25, -0.2) is 13.1 Å². The van der Waals surface area contributed by atoms with E-state index < -0.39 is 10.0 Å². The van der Waals surface area contributed by atoms with Gasteiger partial charge in [-0.1, -0.05) is 5.21 Å². The molecule has 1 N–H and O–H groups in total. The van der Waals surface area contributed by atoms with Crippen molar-refractivity contribution in [3.05, 3.63) is 11.9 Å². The smallest absolute Gasteiger partial charge is 0.244 e. The molecule has 1 saturated heterocycles. The molecular weight excluding hydrogens is 298 g/mol. The van der Waals surface area contributed by atoms with E-state index in [0.29, 0.717) is 38.3 Å². The lowest BCUT2D eigenvalue weighted by atomic mass is 10.3. The summed E-state index contributed by atoms with van der Waals surface area (Å²) < 4.78 is 25.6. The van der Waals surface area contributed by atoms with Gasteiger partial charge in [-0.3, -0.25) is 4.79 Å². The summed E-state index contributed by atoms with van der Waals surface area (Å²) in [4.78, 5) is 13.7. The van der Waals surface area contributed by atoms with Crippen molar-refractivity contribution in [3.8, 4) is 0 Å². The Balaban J connectivity index is 1.87. The Bertz CT molecular complexity index is 592. The van der Waals surface area contributed by atoms with Crippen molar-refractivity contribution in [1.82, 2.24) is 24.2 Å². The molecule has 0 spiro atoms. The highest BCUT2D eigenvalue weighted by molar-refractivity contribution is 7.88. The van der Waals surface area contributed by atoms with Gasteiger partial charge < -0.3 is 10.0 Å². The van der Waals surface area contributed by atoms with Crippen LogP contribution in [0.1, 0.15) is 5.69 Å². The van der Waals surface area contributed by atoms with Crippen molar-refractivity contribution < 1.29 is 18.3 Å². The van der Waals surface area contributed by atoms with Crippen molar-refractivity contribution in [3.63, 3.8) is 0 Å². The van der Waals surface area contributed by atoms with Crippen LogP contribution in [0.25, 0.3) is 0 Å². The SMILES string of the molecule is CS(=O)(=O)N1CCN(C(=O)Cn2cc(CCO)nn2)CC1. The Kier molecular flexibility index (Phi) is 4.91. The Morgan fingerprint density at radius 3 is 2.57 bits per heavy atom. The van der Waals surface area contributed by atoms with Crippen LogP contribution in [0.4, 0.5) is 0 Å². The van der Waals surface area contributed by atoms with E-state index >= 15 is 0 Å². The van der Waals surface area contributed by atoms with E-state index in [1.807, 2.05) is 0 Å². The Morgan fingerprint density at radius 2 is 2.00 bits per heavy atom. The van der Waals surface area contributed by atoms with Crippen molar-refractivity contribution in [1.29, 1.82) is 0 Å². The van der Waals surface area contributed by atoms with Gasteiger partial charge in [-0.15, -0.1) is 5.10 Å². The molecule has 0 aromatic carbocycles. The van der Waals surface area contributed by atoms with Crippen molar-refractivity contribution >= 4 is 15.9 Å². The highest BCUT2D eigenvalue weighted by atomic mass is 32.2. The molecule has 1 aliphatic heterocycles. The predicted molar refractivity (Wildman–Crippen MR) is 73.8 cm³/mol. The van der Waals surface area contributed by atoms with E-state index in [1.54, 1.807) is 11.1 Å². The molecule has 0 radical (unpaired) electrons. The van der Waals surface area contributed by atoms with Crippen molar-refractivity contribution in [2.24, 2.45) is 0 Å². The topological polar surface area (TPSA) is 109 Å². The van der Waals surface area contributed by atoms with E-state index in [1.165, 1.54) is 15.2 Å². The summed E-state index contributed by atoms with van der Waals surface area (Å²) >= 11 is 0. The summed E-state index contributed by atoms with van der Waals surface area (Å²) in [5.41, 5.74) is 0.632. The van der Waals surface area contributed by atoms with Crippen LogP contribution in [0.15, 0.2) is 6.20 Å². The number of hydrogen-bond donors (Lipinski definition) is 1. The van der Waals surface area contributed by atoms with E-state index in [-0.39, 0.29) is 19.1 Å². The van der Waals surface area contributed by atoms with Gasteiger partial charge in [0.2, 0.25) is 15.9 Å². The highest BCUT2D eigenvalue weighted by Crippen LogP contribution is 2.07. The summed E-state index contributed by atoms with van der Waals surface area (Å²) in [7, 11) is -3.19. The molecule has 2 rings (SSSR count). The maximum atomic E-state index is 12.1. The third kappa shape index (κ3) is 4.22. The summed E-state index contributed by atoms with van der Waals surface area (Å²) in [6, 6.07) is 0. The molecule has 10 heteroatoms. The number of hydrogen-bond acceptors (Lipinski definition) is 6. The van der Waals surface area contributed by atoms with Crippen LogP contribution in [-0.2, 0) is 27.8 Å². The molecule has 0 bridgehead atoms. The van der Waals surface area contributed by atoms with Gasteiger partial charge >= 0.3 is 0 Å². The minimum Gasteiger partial charge on any atom is -0.396 e. The van der Waals surface area contributed by atoms with Crippen LogP contribution >= 0.6 is 0 Å². The number of carbonyl (C=O) groups excluding carboxylic acids is 1. The van der Waals surface area contributed by atoms with E-state index in [2.05, 4.69) is 10.3 Å². The second kappa shape index (κ2) is 6.50. The molecule has 0 aliphatic carbocycles. The van der Waals surface area contributed by atoms with Crippen LogP contribution in [0, 0.1) is 0 Å². The van der Waals surface area contributed by atoms with E-state index in [0.717, 1.165) is 0 Å². The molecular formula is C11H19N5O4S. The van der Waals surface area contributed by atoms with Gasteiger partial charge in [0.15, 0.2) is 0 Å². The Morgan fingerprint density at radius 1 is 1.33 bits per heavy atom. The number of nitrogens with zero attached hydrogens (tertiary/aromatic N) is 5. The van der Waals surface area contributed by atoms with E-state index in [9.17, 15) is 13.2 Å². The molecule has 1 amide bonds. The first-order valence-electron chi connectivity index (χ1n) is 6.63. The number of rotatable bonds is 5. The fourth-order valence-electron chi connectivity index (χ4n) is 2.15. The lowest BCUT2D eigenvalue weighted by Crippen LogP contribution is -2.51. The monoisotopic (exact) mass is 317 g/mol. The molecule has 2 heterocycles. The number of sulfonamides is 1. The van der Waals surface area contributed by atoms with Gasteiger partial charge in [0, 0.05) is 45.4 Å². The number of piperazine rings is 1. The first kappa shape index (κ1) is 15.9. The van der Waals surface area contributed by atoms with Crippen LogP contribution in [-0.4, -0.2) is 82.7 Å². The number of aromatic nitrogens is 3. The summed E-state index contributed by atoms with van der Waals surface area (Å²) in [5, 5.41) is 16.5. The zero-order valence-electron chi connectivity index (χ0n) is 11.8. The highest BCUT2D eigenvalue weighted by Gasteiger charge is 2.26. The first-order valence-corrected chi connectivity index (χ1v) is 8.48. The molecule has 1 fully saturated rings. The molecule has 1 aromatic heterocycles. The summed E-state index contributed by atoms with van der Waals surface area (Å²) in [6.45, 7) is 1.45. The van der Waals surface area contributed by atoms with Crippen molar-refractivity contribution in [2.45, 2.75) is 13.0 Å². The fraction of sp³-hybridized carbons (Fsp3) is 0.727. The van der Waals surface area contributed by atoms with Crippen molar-refractivity contribution in [2.75, 3.05) is 39.0 Å². The second-order valence-electron chi connectivity index (χ2n) is 4.92. The maximum Gasteiger partial charge on any atom is 0.244 e.